The molecule has 0 radical (unpaired) electrons. The Morgan fingerprint density at radius 3 is 2.66 bits per heavy atom. The lowest BCUT2D eigenvalue weighted by molar-refractivity contribution is -0.122. The molecule has 0 aliphatic rings. The van der Waals surface area contributed by atoms with Crippen molar-refractivity contribution in [1.29, 1.82) is 0 Å². The number of nitrogens with zero attached hydrogens (tertiary/aromatic N) is 3. The minimum atomic E-state index is -0.190. The molecule has 0 fully saturated rings. The van der Waals surface area contributed by atoms with E-state index < -0.39 is 0 Å². The molecule has 1 aromatic carbocycles. The lowest BCUT2D eigenvalue weighted by atomic mass is 9.82. The van der Waals surface area contributed by atoms with Crippen LogP contribution in [0.5, 0.6) is 0 Å². The Morgan fingerprint density at radius 1 is 1.10 bits per heavy atom. The van der Waals surface area contributed by atoms with Gasteiger partial charge < -0.3 is 9.88 Å². The molecule has 3 rings (SSSR count). The quantitative estimate of drug-likeness (QED) is 0.553. The van der Waals surface area contributed by atoms with E-state index in [0.717, 1.165) is 23.2 Å². The smallest absolute Gasteiger partial charge is 0.220 e. The van der Waals surface area contributed by atoms with Gasteiger partial charge >= 0.3 is 0 Å². The van der Waals surface area contributed by atoms with Gasteiger partial charge in [-0.2, -0.15) is 0 Å². The first-order valence-corrected chi connectivity index (χ1v) is 10.2. The number of carbonyl (C=O) groups excluding carboxylic acids is 1. The van der Waals surface area contributed by atoms with Gasteiger partial charge in [0.25, 0.3) is 0 Å². The fourth-order valence-electron chi connectivity index (χ4n) is 3.27. The minimum Gasteiger partial charge on any atom is -0.356 e. The Balaban J connectivity index is 1.49. The molecule has 7 heteroatoms. The number of benzene rings is 1. The zero-order chi connectivity index (χ0) is 20.9. The fourth-order valence-corrected chi connectivity index (χ4v) is 3.59. The molecular formula is C22H24Cl2N4O. The minimum absolute atomic E-state index is 0.0359. The van der Waals surface area contributed by atoms with E-state index in [0.29, 0.717) is 29.4 Å². The Labute approximate surface area is 181 Å². The number of pyridine rings is 1. The van der Waals surface area contributed by atoms with Crippen molar-refractivity contribution < 1.29 is 4.79 Å². The SMILES string of the molecule is CC(C)(CC(=O)NCCc1cncc(-n2ccnc2)c1)Cc1ccc(Cl)c(Cl)c1. The first-order valence-electron chi connectivity index (χ1n) is 9.45. The van der Waals surface area contributed by atoms with E-state index in [1.165, 1.54) is 0 Å². The summed E-state index contributed by atoms with van der Waals surface area (Å²) in [5.74, 6) is 0.0359. The van der Waals surface area contributed by atoms with Gasteiger partial charge in [0, 0.05) is 31.6 Å². The number of hydrogen-bond donors (Lipinski definition) is 1. The van der Waals surface area contributed by atoms with Gasteiger partial charge in [-0.3, -0.25) is 9.78 Å². The highest BCUT2D eigenvalue weighted by atomic mass is 35.5. The molecule has 0 aliphatic heterocycles. The van der Waals surface area contributed by atoms with Gasteiger partial charge in [0.15, 0.2) is 0 Å². The maximum atomic E-state index is 12.4. The third kappa shape index (κ3) is 6.31. The van der Waals surface area contributed by atoms with Crippen LogP contribution in [0.2, 0.25) is 10.0 Å². The van der Waals surface area contributed by atoms with Crippen LogP contribution < -0.4 is 5.32 Å². The monoisotopic (exact) mass is 430 g/mol. The van der Waals surface area contributed by atoms with Crippen LogP contribution in [-0.4, -0.2) is 27.0 Å². The van der Waals surface area contributed by atoms with E-state index in [2.05, 4.69) is 35.2 Å². The Bertz CT molecular complexity index is 971. The van der Waals surface area contributed by atoms with Crippen molar-refractivity contribution in [2.75, 3.05) is 6.54 Å². The van der Waals surface area contributed by atoms with E-state index in [9.17, 15) is 4.79 Å². The molecule has 2 aromatic heterocycles. The maximum Gasteiger partial charge on any atom is 0.220 e. The molecule has 2 heterocycles. The number of nitrogens with one attached hydrogen (secondary N) is 1. The van der Waals surface area contributed by atoms with Crippen molar-refractivity contribution in [2.24, 2.45) is 5.41 Å². The number of rotatable bonds is 8. The Hall–Kier alpha value is -2.37. The molecule has 1 N–H and O–H groups in total. The fraction of sp³-hybridized carbons (Fsp3) is 0.318. The molecule has 0 saturated carbocycles. The van der Waals surface area contributed by atoms with E-state index in [4.69, 9.17) is 23.2 Å². The summed E-state index contributed by atoms with van der Waals surface area (Å²) in [7, 11) is 0. The lowest BCUT2D eigenvalue weighted by Gasteiger charge is -2.24. The van der Waals surface area contributed by atoms with E-state index >= 15 is 0 Å². The Morgan fingerprint density at radius 2 is 1.93 bits per heavy atom. The number of aromatic nitrogens is 3. The number of halogens is 2. The second-order valence-electron chi connectivity index (χ2n) is 7.89. The van der Waals surface area contributed by atoms with Crippen LogP contribution in [0.1, 0.15) is 31.4 Å². The first kappa shape index (κ1) is 21.3. The average molecular weight is 431 g/mol. The summed E-state index contributed by atoms with van der Waals surface area (Å²) < 4.78 is 1.90. The maximum absolute atomic E-state index is 12.4. The number of carbonyl (C=O) groups is 1. The standard InChI is InChI=1S/C22H24Cl2N4O/c1-22(2,11-16-3-4-19(23)20(24)10-16)12-21(29)27-6-5-17-9-18(14-26-13-17)28-8-7-25-15-28/h3-4,7-10,13-15H,5-6,11-12H2,1-2H3,(H,27,29). The summed E-state index contributed by atoms with van der Waals surface area (Å²) in [5, 5.41) is 4.09. The van der Waals surface area contributed by atoms with E-state index in [1.54, 1.807) is 24.8 Å². The van der Waals surface area contributed by atoms with Gasteiger partial charge in [-0.1, -0.05) is 43.1 Å². The molecule has 0 spiro atoms. The van der Waals surface area contributed by atoms with Crippen molar-refractivity contribution >= 4 is 29.1 Å². The Kier molecular flexibility index (Phi) is 6.93. The van der Waals surface area contributed by atoms with Crippen LogP contribution in [0, 0.1) is 5.41 Å². The summed E-state index contributed by atoms with van der Waals surface area (Å²) >= 11 is 12.1. The van der Waals surface area contributed by atoms with Gasteiger partial charge in [0.2, 0.25) is 5.91 Å². The summed E-state index contributed by atoms with van der Waals surface area (Å²) in [5.41, 5.74) is 2.89. The summed E-state index contributed by atoms with van der Waals surface area (Å²) in [6.07, 6.45) is 10.8. The molecule has 0 saturated heterocycles. The largest absolute Gasteiger partial charge is 0.356 e. The predicted octanol–water partition coefficient (Wildman–Crippen LogP) is 4.89. The van der Waals surface area contributed by atoms with Crippen LogP contribution in [0.25, 0.3) is 5.69 Å². The van der Waals surface area contributed by atoms with Crippen molar-refractivity contribution in [3.63, 3.8) is 0 Å². The third-order valence-electron chi connectivity index (χ3n) is 4.62. The number of imidazole rings is 1. The summed E-state index contributed by atoms with van der Waals surface area (Å²) in [6, 6.07) is 7.66. The zero-order valence-corrected chi connectivity index (χ0v) is 18.0. The van der Waals surface area contributed by atoms with Crippen molar-refractivity contribution in [1.82, 2.24) is 19.9 Å². The van der Waals surface area contributed by atoms with Gasteiger partial charge in [-0.05, 0) is 47.6 Å². The van der Waals surface area contributed by atoms with Crippen LogP contribution in [0.15, 0.2) is 55.4 Å². The predicted molar refractivity (Wildman–Crippen MR) is 117 cm³/mol. The van der Waals surface area contributed by atoms with Gasteiger partial charge in [-0.15, -0.1) is 0 Å². The molecule has 0 bridgehead atoms. The first-order chi connectivity index (χ1) is 13.8. The van der Waals surface area contributed by atoms with Crippen LogP contribution in [0.3, 0.4) is 0 Å². The van der Waals surface area contributed by atoms with Crippen LogP contribution in [-0.2, 0) is 17.6 Å². The zero-order valence-electron chi connectivity index (χ0n) is 16.5. The summed E-state index contributed by atoms with van der Waals surface area (Å²) in [6.45, 7) is 4.72. The number of hydrogen-bond acceptors (Lipinski definition) is 3. The molecule has 0 atom stereocenters. The van der Waals surface area contributed by atoms with E-state index in [-0.39, 0.29) is 11.3 Å². The van der Waals surface area contributed by atoms with Gasteiger partial charge in [0.1, 0.15) is 0 Å². The van der Waals surface area contributed by atoms with E-state index in [1.807, 2.05) is 29.1 Å². The van der Waals surface area contributed by atoms with Gasteiger partial charge in [-0.25, -0.2) is 4.98 Å². The van der Waals surface area contributed by atoms with Crippen molar-refractivity contribution in [2.45, 2.75) is 33.1 Å². The molecule has 29 heavy (non-hydrogen) atoms. The molecule has 5 nitrogen and oxygen atoms in total. The molecule has 152 valence electrons. The van der Waals surface area contributed by atoms with Gasteiger partial charge in [0.05, 0.1) is 28.3 Å². The summed E-state index contributed by atoms with van der Waals surface area (Å²) in [4.78, 5) is 20.8. The average Bonchev–Trinajstić information content (AvgIpc) is 3.19. The molecule has 0 aliphatic carbocycles. The molecule has 3 aromatic rings. The molecule has 0 unspecified atom stereocenters. The second-order valence-corrected chi connectivity index (χ2v) is 8.70. The topological polar surface area (TPSA) is 59.8 Å². The highest BCUT2D eigenvalue weighted by Gasteiger charge is 2.22. The highest BCUT2D eigenvalue weighted by Crippen LogP contribution is 2.29. The lowest BCUT2D eigenvalue weighted by Crippen LogP contribution is -2.31. The molecular weight excluding hydrogens is 407 g/mol. The number of amides is 1. The van der Waals surface area contributed by atoms with Crippen molar-refractivity contribution in [3.05, 3.63) is 76.6 Å². The third-order valence-corrected chi connectivity index (χ3v) is 5.36. The second kappa shape index (κ2) is 9.42. The van der Waals surface area contributed by atoms with Crippen LogP contribution in [0.4, 0.5) is 0 Å². The van der Waals surface area contributed by atoms with Crippen LogP contribution >= 0.6 is 23.2 Å². The molecule has 1 amide bonds. The van der Waals surface area contributed by atoms with Crippen molar-refractivity contribution in [3.8, 4) is 5.69 Å². The normalized spacial score (nSPS) is 11.4. The highest BCUT2D eigenvalue weighted by molar-refractivity contribution is 6.42.